The summed E-state index contributed by atoms with van der Waals surface area (Å²) in [4.78, 5) is 14.9. The fourth-order valence-corrected chi connectivity index (χ4v) is 1.54. The van der Waals surface area contributed by atoms with Gasteiger partial charge in [0.1, 0.15) is 17.2 Å². The average molecular weight is 246 g/mol. The van der Waals surface area contributed by atoms with Crippen molar-refractivity contribution in [2.75, 3.05) is 5.32 Å². The van der Waals surface area contributed by atoms with Gasteiger partial charge in [0, 0.05) is 18.3 Å². The summed E-state index contributed by atoms with van der Waals surface area (Å²) >= 11 is 0. The fraction of sp³-hybridized carbons (Fsp3) is 0.0769. The molecule has 2 aromatic rings. The first-order valence-corrected chi connectivity index (χ1v) is 5.34. The summed E-state index contributed by atoms with van der Waals surface area (Å²) in [5.41, 5.74) is 0.522. The summed E-state index contributed by atoms with van der Waals surface area (Å²) in [6.45, 7) is 0.184. The summed E-state index contributed by atoms with van der Waals surface area (Å²) in [5.74, 6) is -1.18. The van der Waals surface area contributed by atoms with Crippen LogP contribution < -0.4 is 5.32 Å². The van der Waals surface area contributed by atoms with Gasteiger partial charge in [-0.15, -0.1) is 0 Å². The number of hydrogen-bond donors (Lipinski definition) is 2. The number of nitrogens with zero attached hydrogens (tertiary/aromatic N) is 1. The van der Waals surface area contributed by atoms with Gasteiger partial charge in [0.2, 0.25) is 0 Å². The highest BCUT2D eigenvalue weighted by Crippen LogP contribution is 2.14. The van der Waals surface area contributed by atoms with Crippen LogP contribution in [0.4, 0.5) is 10.2 Å². The Morgan fingerprint density at radius 1 is 1.28 bits per heavy atom. The van der Waals surface area contributed by atoms with Crippen molar-refractivity contribution in [2.24, 2.45) is 0 Å². The number of carbonyl (C=O) groups is 1. The minimum Gasteiger partial charge on any atom is -0.478 e. The summed E-state index contributed by atoms with van der Waals surface area (Å²) in [6.07, 6.45) is 1.48. The molecule has 92 valence electrons. The molecule has 0 radical (unpaired) electrons. The maximum atomic E-state index is 13.4. The lowest BCUT2D eigenvalue weighted by molar-refractivity contribution is 0.0697. The largest absolute Gasteiger partial charge is 0.478 e. The lowest BCUT2D eigenvalue weighted by atomic mass is 10.2. The van der Waals surface area contributed by atoms with E-state index < -0.39 is 5.97 Å². The molecule has 18 heavy (non-hydrogen) atoms. The SMILES string of the molecule is O=C(O)c1cccnc1NCc1ccccc1F. The number of hydrogen-bond acceptors (Lipinski definition) is 3. The highest BCUT2D eigenvalue weighted by atomic mass is 19.1. The quantitative estimate of drug-likeness (QED) is 0.870. The normalized spacial score (nSPS) is 10.1. The maximum absolute atomic E-state index is 13.4. The van der Waals surface area contributed by atoms with E-state index in [4.69, 9.17) is 5.11 Å². The van der Waals surface area contributed by atoms with E-state index >= 15 is 0 Å². The second-order valence-electron chi connectivity index (χ2n) is 3.65. The van der Waals surface area contributed by atoms with Gasteiger partial charge in [0.25, 0.3) is 0 Å². The van der Waals surface area contributed by atoms with Gasteiger partial charge in [-0.3, -0.25) is 0 Å². The molecule has 0 saturated carbocycles. The van der Waals surface area contributed by atoms with Gasteiger partial charge >= 0.3 is 5.97 Å². The van der Waals surface area contributed by atoms with Gasteiger partial charge in [-0.25, -0.2) is 14.2 Å². The number of carboxylic acids is 1. The first kappa shape index (κ1) is 12.0. The molecule has 1 aromatic heterocycles. The van der Waals surface area contributed by atoms with Crippen molar-refractivity contribution in [1.29, 1.82) is 0 Å². The third kappa shape index (κ3) is 2.63. The highest BCUT2D eigenvalue weighted by Gasteiger charge is 2.10. The van der Waals surface area contributed by atoms with E-state index in [2.05, 4.69) is 10.3 Å². The summed E-state index contributed by atoms with van der Waals surface area (Å²) < 4.78 is 13.4. The van der Waals surface area contributed by atoms with Crippen molar-refractivity contribution in [1.82, 2.24) is 4.98 Å². The molecule has 4 nitrogen and oxygen atoms in total. The number of carboxylic acid groups (broad SMARTS) is 1. The van der Waals surface area contributed by atoms with E-state index in [0.717, 1.165) is 0 Å². The molecular weight excluding hydrogens is 235 g/mol. The number of pyridine rings is 1. The molecule has 5 heteroatoms. The van der Waals surface area contributed by atoms with Crippen molar-refractivity contribution in [3.63, 3.8) is 0 Å². The smallest absolute Gasteiger partial charge is 0.339 e. The Bertz CT molecular complexity index is 572. The number of rotatable bonds is 4. The summed E-state index contributed by atoms with van der Waals surface area (Å²) in [7, 11) is 0. The molecule has 0 spiro atoms. The van der Waals surface area contributed by atoms with Crippen LogP contribution >= 0.6 is 0 Å². The molecule has 1 aromatic carbocycles. The number of aromatic carboxylic acids is 1. The van der Waals surface area contributed by atoms with E-state index in [9.17, 15) is 9.18 Å². The predicted octanol–water partition coefficient (Wildman–Crippen LogP) is 2.53. The maximum Gasteiger partial charge on any atom is 0.339 e. The topological polar surface area (TPSA) is 62.2 Å². The second kappa shape index (κ2) is 5.27. The molecule has 2 N–H and O–H groups in total. The standard InChI is InChI=1S/C13H11FN2O2/c14-11-6-2-1-4-9(11)8-16-12-10(13(17)18)5-3-7-15-12/h1-7H,8H2,(H,15,16)(H,17,18). The molecule has 0 aliphatic heterocycles. The van der Waals surface area contributed by atoms with Crippen LogP contribution in [0.5, 0.6) is 0 Å². The third-order valence-electron chi connectivity index (χ3n) is 2.44. The average Bonchev–Trinajstić information content (AvgIpc) is 2.38. The molecule has 0 saturated heterocycles. The van der Waals surface area contributed by atoms with Gasteiger partial charge in [0.15, 0.2) is 0 Å². The third-order valence-corrected chi connectivity index (χ3v) is 2.44. The number of anilines is 1. The molecule has 0 atom stereocenters. The van der Waals surface area contributed by atoms with Gasteiger partial charge in [0.05, 0.1) is 0 Å². The zero-order valence-corrected chi connectivity index (χ0v) is 9.43. The van der Waals surface area contributed by atoms with E-state index in [1.54, 1.807) is 18.2 Å². The van der Waals surface area contributed by atoms with Crippen molar-refractivity contribution >= 4 is 11.8 Å². The molecule has 0 amide bonds. The number of halogens is 1. The monoisotopic (exact) mass is 246 g/mol. The van der Waals surface area contributed by atoms with Crippen LogP contribution in [0.25, 0.3) is 0 Å². The molecule has 0 aliphatic carbocycles. The minimum atomic E-state index is -1.07. The number of aromatic nitrogens is 1. The molecule has 0 aliphatic rings. The van der Waals surface area contributed by atoms with Crippen LogP contribution in [0.3, 0.4) is 0 Å². The van der Waals surface area contributed by atoms with Gasteiger partial charge in [-0.2, -0.15) is 0 Å². The van der Waals surface area contributed by atoms with Crippen LogP contribution in [0.1, 0.15) is 15.9 Å². The van der Waals surface area contributed by atoms with Crippen molar-refractivity contribution in [3.8, 4) is 0 Å². The van der Waals surface area contributed by atoms with Gasteiger partial charge in [-0.05, 0) is 18.2 Å². The van der Waals surface area contributed by atoms with Crippen LogP contribution in [-0.4, -0.2) is 16.1 Å². The Balaban J connectivity index is 2.16. The van der Waals surface area contributed by atoms with E-state index in [1.165, 1.54) is 24.4 Å². The Morgan fingerprint density at radius 3 is 2.78 bits per heavy atom. The molecule has 0 fully saturated rings. The fourth-order valence-electron chi connectivity index (χ4n) is 1.54. The Hall–Kier alpha value is -2.43. The Labute approximate surface area is 103 Å². The lowest BCUT2D eigenvalue weighted by Gasteiger charge is -2.08. The first-order chi connectivity index (χ1) is 8.68. The van der Waals surface area contributed by atoms with Crippen LogP contribution in [0.15, 0.2) is 42.6 Å². The van der Waals surface area contributed by atoms with Gasteiger partial charge < -0.3 is 10.4 Å². The van der Waals surface area contributed by atoms with Crippen LogP contribution in [0.2, 0.25) is 0 Å². The number of nitrogens with one attached hydrogen (secondary N) is 1. The molecular formula is C13H11FN2O2. The van der Waals surface area contributed by atoms with Crippen molar-refractivity contribution in [2.45, 2.75) is 6.54 Å². The van der Waals surface area contributed by atoms with Crippen molar-refractivity contribution in [3.05, 3.63) is 59.5 Å². The minimum absolute atomic E-state index is 0.0637. The van der Waals surface area contributed by atoms with Crippen molar-refractivity contribution < 1.29 is 14.3 Å². The predicted molar refractivity (Wildman–Crippen MR) is 64.9 cm³/mol. The zero-order chi connectivity index (χ0) is 13.0. The Morgan fingerprint density at radius 2 is 2.06 bits per heavy atom. The summed E-state index contributed by atoms with van der Waals surface area (Å²) in [6, 6.07) is 9.29. The van der Waals surface area contributed by atoms with Crippen LogP contribution in [-0.2, 0) is 6.54 Å². The first-order valence-electron chi connectivity index (χ1n) is 5.34. The molecule has 1 heterocycles. The molecule has 0 bridgehead atoms. The molecule has 2 rings (SSSR count). The Kier molecular flexibility index (Phi) is 3.52. The van der Waals surface area contributed by atoms with E-state index in [-0.39, 0.29) is 23.7 Å². The van der Waals surface area contributed by atoms with E-state index in [1.807, 2.05) is 0 Å². The molecule has 0 unspecified atom stereocenters. The highest BCUT2D eigenvalue weighted by molar-refractivity contribution is 5.92. The van der Waals surface area contributed by atoms with Gasteiger partial charge in [-0.1, -0.05) is 18.2 Å². The number of benzene rings is 1. The van der Waals surface area contributed by atoms with E-state index in [0.29, 0.717) is 5.56 Å². The zero-order valence-electron chi connectivity index (χ0n) is 9.43. The summed E-state index contributed by atoms with van der Waals surface area (Å²) in [5, 5.41) is 11.8. The lowest BCUT2D eigenvalue weighted by Crippen LogP contribution is -2.08. The van der Waals surface area contributed by atoms with Crippen LogP contribution in [0, 0.1) is 5.82 Å². The second-order valence-corrected chi connectivity index (χ2v) is 3.65.